The first-order valence-corrected chi connectivity index (χ1v) is 11.2. The van der Waals surface area contributed by atoms with E-state index in [1.54, 1.807) is 24.3 Å². The summed E-state index contributed by atoms with van der Waals surface area (Å²) in [7, 11) is 0. The Bertz CT molecular complexity index is 1540. The number of amides is 1. The van der Waals surface area contributed by atoms with Crippen molar-refractivity contribution in [1.29, 1.82) is 0 Å². The van der Waals surface area contributed by atoms with Crippen molar-refractivity contribution in [1.82, 2.24) is 19.7 Å². The van der Waals surface area contributed by atoms with Crippen molar-refractivity contribution < 1.29 is 4.79 Å². The molecular formula is C24H21N5O2S. The van der Waals surface area contributed by atoms with E-state index in [1.807, 2.05) is 44.4 Å². The van der Waals surface area contributed by atoms with E-state index in [1.165, 1.54) is 16.0 Å². The minimum Gasteiger partial charge on any atom is -0.358 e. The Morgan fingerprint density at radius 2 is 1.75 bits per heavy atom. The first-order chi connectivity index (χ1) is 15.4. The number of aromatic nitrogens is 4. The SMILES string of the molecule is Cc1[nH]c2ccccc2c1-c1csc(NC(=O)c2nn(C(C)C)c(=O)c3ccccc23)n1. The van der Waals surface area contributed by atoms with Gasteiger partial charge in [-0.2, -0.15) is 5.10 Å². The molecule has 32 heavy (non-hydrogen) atoms. The Morgan fingerprint density at radius 3 is 2.50 bits per heavy atom. The predicted octanol–water partition coefficient (Wildman–Crippen LogP) is 5.14. The summed E-state index contributed by atoms with van der Waals surface area (Å²) in [5.41, 5.74) is 3.88. The molecule has 0 saturated heterocycles. The van der Waals surface area contributed by atoms with Gasteiger partial charge in [-0.05, 0) is 32.9 Å². The molecular weight excluding hydrogens is 422 g/mol. The summed E-state index contributed by atoms with van der Waals surface area (Å²) < 4.78 is 1.35. The molecule has 160 valence electrons. The number of benzene rings is 2. The second-order valence-electron chi connectivity index (χ2n) is 7.90. The first-order valence-electron chi connectivity index (χ1n) is 10.3. The summed E-state index contributed by atoms with van der Waals surface area (Å²) in [4.78, 5) is 33.9. The third kappa shape index (κ3) is 3.29. The van der Waals surface area contributed by atoms with Gasteiger partial charge in [0.1, 0.15) is 0 Å². The van der Waals surface area contributed by atoms with Crippen LogP contribution in [-0.2, 0) is 0 Å². The van der Waals surface area contributed by atoms with Crippen molar-refractivity contribution in [3.63, 3.8) is 0 Å². The number of rotatable bonds is 4. The molecule has 0 saturated carbocycles. The highest BCUT2D eigenvalue weighted by molar-refractivity contribution is 7.14. The van der Waals surface area contributed by atoms with Crippen LogP contribution in [0.15, 0.2) is 58.7 Å². The van der Waals surface area contributed by atoms with Crippen LogP contribution in [0.1, 0.15) is 36.1 Å². The molecule has 0 radical (unpaired) electrons. The number of hydrogen-bond donors (Lipinski definition) is 2. The van der Waals surface area contributed by atoms with Gasteiger partial charge in [0.15, 0.2) is 10.8 Å². The lowest BCUT2D eigenvalue weighted by molar-refractivity contribution is 0.102. The van der Waals surface area contributed by atoms with Crippen LogP contribution in [0, 0.1) is 6.92 Å². The molecule has 5 aromatic rings. The number of H-pyrrole nitrogens is 1. The molecule has 0 spiro atoms. The number of aryl methyl sites for hydroxylation is 1. The van der Waals surface area contributed by atoms with Crippen molar-refractivity contribution >= 4 is 44.1 Å². The molecule has 0 aliphatic heterocycles. The Morgan fingerprint density at radius 1 is 1.06 bits per heavy atom. The molecule has 5 rings (SSSR count). The number of hydrogen-bond acceptors (Lipinski definition) is 5. The molecule has 1 amide bonds. The third-order valence-corrected chi connectivity index (χ3v) is 6.16. The Hall–Kier alpha value is -3.78. The number of anilines is 1. The topological polar surface area (TPSA) is 92.7 Å². The van der Waals surface area contributed by atoms with E-state index in [0.29, 0.717) is 15.9 Å². The van der Waals surface area contributed by atoms with Gasteiger partial charge in [-0.25, -0.2) is 9.67 Å². The molecule has 2 N–H and O–H groups in total. The van der Waals surface area contributed by atoms with Crippen LogP contribution in [0.3, 0.4) is 0 Å². The fourth-order valence-corrected chi connectivity index (χ4v) is 4.63. The zero-order chi connectivity index (χ0) is 22.4. The Balaban J connectivity index is 1.53. The van der Waals surface area contributed by atoms with Crippen molar-refractivity contribution in [3.8, 4) is 11.3 Å². The number of aromatic amines is 1. The van der Waals surface area contributed by atoms with Gasteiger partial charge in [0.05, 0.1) is 17.1 Å². The molecule has 0 unspecified atom stereocenters. The van der Waals surface area contributed by atoms with Gasteiger partial charge < -0.3 is 4.98 Å². The zero-order valence-electron chi connectivity index (χ0n) is 17.8. The van der Waals surface area contributed by atoms with Gasteiger partial charge >= 0.3 is 0 Å². The van der Waals surface area contributed by atoms with Crippen molar-refractivity contribution in [2.75, 3.05) is 5.32 Å². The monoisotopic (exact) mass is 443 g/mol. The van der Waals surface area contributed by atoms with Crippen LogP contribution in [0.2, 0.25) is 0 Å². The van der Waals surface area contributed by atoms with Gasteiger partial charge in [0.25, 0.3) is 11.5 Å². The van der Waals surface area contributed by atoms with E-state index in [2.05, 4.69) is 26.4 Å². The average molecular weight is 444 g/mol. The molecule has 0 bridgehead atoms. The second kappa shape index (κ2) is 7.72. The maximum Gasteiger partial charge on any atom is 0.278 e. The van der Waals surface area contributed by atoms with E-state index in [9.17, 15) is 9.59 Å². The fourth-order valence-electron chi connectivity index (χ4n) is 3.93. The lowest BCUT2D eigenvalue weighted by Gasteiger charge is -2.12. The highest BCUT2D eigenvalue weighted by Crippen LogP contribution is 2.34. The first kappa shape index (κ1) is 20.1. The standard InChI is InChI=1S/C24H21N5O2S/c1-13(2)29-23(31)16-9-5-4-8-15(16)21(28-29)22(30)27-24-26-19(12-32-24)20-14(3)25-18-11-7-6-10-17(18)20/h4-13,25H,1-3H3,(H,26,27,30). The molecule has 3 heterocycles. The summed E-state index contributed by atoms with van der Waals surface area (Å²) in [5.74, 6) is -0.396. The van der Waals surface area contributed by atoms with Gasteiger partial charge in [-0.3, -0.25) is 14.9 Å². The fraction of sp³-hybridized carbons (Fsp3) is 0.167. The molecule has 0 fully saturated rings. The van der Waals surface area contributed by atoms with Gasteiger partial charge in [0.2, 0.25) is 0 Å². The maximum absolute atomic E-state index is 13.2. The molecule has 3 aromatic heterocycles. The van der Waals surface area contributed by atoms with Crippen LogP contribution in [0.25, 0.3) is 32.9 Å². The summed E-state index contributed by atoms with van der Waals surface area (Å²) >= 11 is 1.35. The van der Waals surface area contributed by atoms with Gasteiger partial charge in [0, 0.05) is 32.9 Å². The molecule has 7 nitrogen and oxygen atoms in total. The van der Waals surface area contributed by atoms with E-state index >= 15 is 0 Å². The number of carbonyl (C=O) groups excluding carboxylic acids is 1. The third-order valence-electron chi connectivity index (χ3n) is 5.41. The van der Waals surface area contributed by atoms with E-state index in [4.69, 9.17) is 0 Å². The number of nitrogens with one attached hydrogen (secondary N) is 2. The second-order valence-corrected chi connectivity index (χ2v) is 8.76. The minimum atomic E-state index is -0.396. The van der Waals surface area contributed by atoms with Crippen molar-refractivity contribution in [2.24, 2.45) is 0 Å². The molecule has 0 aliphatic rings. The van der Waals surface area contributed by atoms with Crippen LogP contribution < -0.4 is 10.9 Å². The molecule has 0 atom stereocenters. The number of nitrogens with zero attached hydrogens (tertiary/aromatic N) is 3. The maximum atomic E-state index is 13.2. The zero-order valence-corrected chi connectivity index (χ0v) is 18.7. The summed E-state index contributed by atoms with van der Waals surface area (Å²) in [5, 5.41) is 11.7. The van der Waals surface area contributed by atoms with E-state index in [-0.39, 0.29) is 17.3 Å². The normalized spacial score (nSPS) is 11.5. The van der Waals surface area contributed by atoms with Crippen LogP contribution in [0.5, 0.6) is 0 Å². The van der Waals surface area contributed by atoms with Crippen LogP contribution in [0.4, 0.5) is 5.13 Å². The summed E-state index contributed by atoms with van der Waals surface area (Å²) in [6, 6.07) is 14.9. The Labute approximate surface area is 187 Å². The van der Waals surface area contributed by atoms with Crippen LogP contribution >= 0.6 is 11.3 Å². The Kier molecular flexibility index (Phi) is 4.86. The lowest BCUT2D eigenvalue weighted by Crippen LogP contribution is -2.28. The van der Waals surface area contributed by atoms with Gasteiger partial charge in [-0.1, -0.05) is 36.4 Å². The van der Waals surface area contributed by atoms with E-state index < -0.39 is 5.91 Å². The lowest BCUT2D eigenvalue weighted by atomic mass is 10.1. The average Bonchev–Trinajstić information content (AvgIpc) is 3.36. The van der Waals surface area contributed by atoms with E-state index in [0.717, 1.165) is 27.9 Å². The molecule has 8 heteroatoms. The smallest absolute Gasteiger partial charge is 0.278 e. The van der Waals surface area contributed by atoms with Crippen molar-refractivity contribution in [3.05, 3.63) is 75.7 Å². The highest BCUT2D eigenvalue weighted by Gasteiger charge is 2.20. The number of para-hydroxylation sites is 1. The highest BCUT2D eigenvalue weighted by atomic mass is 32.1. The predicted molar refractivity (Wildman–Crippen MR) is 128 cm³/mol. The largest absolute Gasteiger partial charge is 0.358 e. The number of thiazole rings is 1. The number of carbonyl (C=O) groups is 1. The molecule has 2 aromatic carbocycles. The summed E-state index contributed by atoms with van der Waals surface area (Å²) in [6.45, 7) is 5.74. The minimum absolute atomic E-state index is 0.171. The summed E-state index contributed by atoms with van der Waals surface area (Å²) in [6.07, 6.45) is 0. The number of fused-ring (bicyclic) bond motifs is 2. The van der Waals surface area contributed by atoms with Crippen molar-refractivity contribution in [2.45, 2.75) is 26.8 Å². The molecule has 0 aliphatic carbocycles. The van der Waals surface area contributed by atoms with Crippen LogP contribution in [-0.4, -0.2) is 25.7 Å². The quantitative estimate of drug-likeness (QED) is 0.402. The van der Waals surface area contributed by atoms with Gasteiger partial charge in [-0.15, -0.1) is 11.3 Å².